The third-order valence-electron chi connectivity index (χ3n) is 2.51. The molecule has 0 aromatic carbocycles. The first-order valence-electron chi connectivity index (χ1n) is 5.25. The molecule has 17 heavy (non-hydrogen) atoms. The molecule has 0 atom stereocenters. The number of amides is 1. The van der Waals surface area contributed by atoms with Crippen molar-refractivity contribution in [3.63, 3.8) is 0 Å². The molecule has 0 bridgehead atoms. The maximum absolute atomic E-state index is 12.2. The lowest BCUT2D eigenvalue weighted by atomic mass is 10.4. The van der Waals surface area contributed by atoms with Crippen LogP contribution in [-0.2, 0) is 21.9 Å². The quantitative estimate of drug-likeness (QED) is 0.732. The molecule has 0 unspecified atom stereocenters. The van der Waals surface area contributed by atoms with E-state index in [1.165, 1.54) is 12.5 Å². The second-order valence-electron chi connectivity index (χ2n) is 3.92. The van der Waals surface area contributed by atoms with Crippen LogP contribution in [-0.4, -0.2) is 47.8 Å². The van der Waals surface area contributed by atoms with Crippen molar-refractivity contribution < 1.29 is 13.2 Å². The van der Waals surface area contributed by atoms with Crippen molar-refractivity contribution in [1.82, 2.24) is 19.2 Å². The zero-order valence-electron chi connectivity index (χ0n) is 9.46. The minimum Gasteiger partial charge on any atom is -0.355 e. The standard InChI is InChI=1S/C9H14N4O3S/c1-12-6-9(11-7-12)17(15,16)13-4-2-3-10-8(14)5-13/h6-7H,2-5H2,1H3,(H,10,14). The number of carbonyl (C=O) groups is 1. The summed E-state index contributed by atoms with van der Waals surface area (Å²) in [6.45, 7) is 0.698. The molecule has 0 saturated carbocycles. The van der Waals surface area contributed by atoms with Gasteiger partial charge in [0.1, 0.15) is 0 Å². The van der Waals surface area contributed by atoms with E-state index >= 15 is 0 Å². The SMILES string of the molecule is Cn1cnc(S(=O)(=O)N2CCCNC(=O)C2)c1. The number of carbonyl (C=O) groups excluding carboxylic acids is 1. The van der Waals surface area contributed by atoms with Gasteiger partial charge in [0, 0.05) is 26.3 Å². The maximum atomic E-state index is 12.2. The van der Waals surface area contributed by atoms with Crippen LogP contribution in [0, 0.1) is 0 Å². The lowest BCUT2D eigenvalue weighted by Gasteiger charge is -2.16. The van der Waals surface area contributed by atoms with Gasteiger partial charge in [0.15, 0.2) is 5.03 Å². The molecule has 0 radical (unpaired) electrons. The fourth-order valence-corrected chi connectivity index (χ4v) is 3.04. The second-order valence-corrected chi connectivity index (χ2v) is 5.80. The first-order chi connectivity index (χ1) is 8.00. The van der Waals surface area contributed by atoms with Crippen LogP contribution in [0.3, 0.4) is 0 Å². The molecule has 2 heterocycles. The number of hydrogen-bond donors (Lipinski definition) is 1. The minimum atomic E-state index is -3.66. The number of aromatic nitrogens is 2. The third kappa shape index (κ3) is 2.47. The summed E-state index contributed by atoms with van der Waals surface area (Å²) in [5, 5.41) is 2.61. The summed E-state index contributed by atoms with van der Waals surface area (Å²) in [5.74, 6) is -0.276. The monoisotopic (exact) mass is 258 g/mol. The summed E-state index contributed by atoms with van der Waals surface area (Å²) < 4.78 is 27.1. The van der Waals surface area contributed by atoms with Crippen molar-refractivity contribution in [1.29, 1.82) is 0 Å². The van der Waals surface area contributed by atoms with Crippen molar-refractivity contribution in [2.75, 3.05) is 19.6 Å². The number of rotatable bonds is 2. The molecule has 2 rings (SSSR count). The van der Waals surface area contributed by atoms with E-state index in [2.05, 4.69) is 10.3 Å². The van der Waals surface area contributed by atoms with E-state index in [0.717, 1.165) is 4.31 Å². The zero-order chi connectivity index (χ0) is 12.5. The highest BCUT2D eigenvalue weighted by Crippen LogP contribution is 2.14. The molecule has 1 aliphatic rings. The van der Waals surface area contributed by atoms with Crippen LogP contribution in [0.4, 0.5) is 0 Å². The molecule has 1 aliphatic heterocycles. The molecular formula is C9H14N4O3S. The molecule has 1 fully saturated rings. The molecule has 1 saturated heterocycles. The smallest absolute Gasteiger partial charge is 0.262 e. The summed E-state index contributed by atoms with van der Waals surface area (Å²) in [6, 6.07) is 0. The highest BCUT2D eigenvalue weighted by atomic mass is 32.2. The van der Waals surface area contributed by atoms with Gasteiger partial charge in [-0.25, -0.2) is 13.4 Å². The number of aryl methyl sites for hydroxylation is 1. The summed E-state index contributed by atoms with van der Waals surface area (Å²) in [5.41, 5.74) is 0. The highest BCUT2D eigenvalue weighted by molar-refractivity contribution is 7.89. The molecule has 0 spiro atoms. The summed E-state index contributed by atoms with van der Waals surface area (Å²) in [4.78, 5) is 15.2. The lowest BCUT2D eigenvalue weighted by molar-refractivity contribution is -0.120. The molecule has 1 aromatic heterocycles. The largest absolute Gasteiger partial charge is 0.355 e. The molecule has 94 valence electrons. The first-order valence-corrected chi connectivity index (χ1v) is 6.69. The molecule has 0 aliphatic carbocycles. The first kappa shape index (κ1) is 12.1. The van der Waals surface area contributed by atoms with E-state index in [4.69, 9.17) is 0 Å². The Bertz CT molecular complexity index is 522. The Hall–Kier alpha value is -1.41. The van der Waals surface area contributed by atoms with Crippen molar-refractivity contribution in [2.45, 2.75) is 11.4 Å². The van der Waals surface area contributed by atoms with Gasteiger partial charge in [-0.15, -0.1) is 0 Å². The Morgan fingerprint density at radius 3 is 2.88 bits per heavy atom. The third-order valence-corrected chi connectivity index (χ3v) is 4.24. The second kappa shape index (κ2) is 4.46. The van der Waals surface area contributed by atoms with E-state index in [9.17, 15) is 13.2 Å². The molecule has 1 N–H and O–H groups in total. The number of nitrogens with zero attached hydrogens (tertiary/aromatic N) is 3. The Morgan fingerprint density at radius 2 is 2.24 bits per heavy atom. The van der Waals surface area contributed by atoms with Gasteiger partial charge in [0.25, 0.3) is 10.0 Å². The average molecular weight is 258 g/mol. The van der Waals surface area contributed by atoms with Gasteiger partial charge in [0.05, 0.1) is 12.9 Å². The minimum absolute atomic E-state index is 0.0188. The number of imidazole rings is 1. The van der Waals surface area contributed by atoms with Crippen molar-refractivity contribution >= 4 is 15.9 Å². The maximum Gasteiger partial charge on any atom is 0.262 e. The number of hydrogen-bond acceptors (Lipinski definition) is 4. The van der Waals surface area contributed by atoms with E-state index in [1.807, 2.05) is 0 Å². The fourth-order valence-electron chi connectivity index (χ4n) is 1.64. The van der Waals surface area contributed by atoms with Gasteiger partial charge >= 0.3 is 0 Å². The predicted molar refractivity (Wildman–Crippen MR) is 59.6 cm³/mol. The molecule has 1 aromatic rings. The van der Waals surface area contributed by atoms with Gasteiger partial charge < -0.3 is 9.88 Å². The van der Waals surface area contributed by atoms with E-state index in [-0.39, 0.29) is 17.5 Å². The Kier molecular flexibility index (Phi) is 3.16. The van der Waals surface area contributed by atoms with Crippen molar-refractivity contribution in [2.24, 2.45) is 7.05 Å². The van der Waals surface area contributed by atoms with Crippen LogP contribution >= 0.6 is 0 Å². The van der Waals surface area contributed by atoms with Crippen LogP contribution in [0.25, 0.3) is 0 Å². The predicted octanol–water partition coefficient (Wildman–Crippen LogP) is -1.07. The highest BCUT2D eigenvalue weighted by Gasteiger charge is 2.29. The summed E-state index contributed by atoms with van der Waals surface area (Å²) >= 11 is 0. The summed E-state index contributed by atoms with van der Waals surface area (Å²) in [6.07, 6.45) is 3.46. The molecular weight excluding hydrogens is 244 g/mol. The van der Waals surface area contributed by atoms with Crippen LogP contribution in [0.15, 0.2) is 17.6 Å². The van der Waals surface area contributed by atoms with E-state index in [1.54, 1.807) is 11.6 Å². The van der Waals surface area contributed by atoms with Crippen molar-refractivity contribution in [3.05, 3.63) is 12.5 Å². The molecule has 8 heteroatoms. The van der Waals surface area contributed by atoms with Crippen LogP contribution in [0.5, 0.6) is 0 Å². The zero-order valence-corrected chi connectivity index (χ0v) is 10.3. The Balaban J connectivity index is 2.28. The van der Waals surface area contributed by atoms with Gasteiger partial charge in [-0.3, -0.25) is 4.79 Å². The van der Waals surface area contributed by atoms with E-state index < -0.39 is 10.0 Å². The van der Waals surface area contributed by atoms with Gasteiger partial charge in [0.2, 0.25) is 5.91 Å². The van der Waals surface area contributed by atoms with Gasteiger partial charge in [-0.1, -0.05) is 0 Å². The van der Waals surface area contributed by atoms with E-state index in [0.29, 0.717) is 19.5 Å². The van der Waals surface area contributed by atoms with Crippen LogP contribution in [0.1, 0.15) is 6.42 Å². The average Bonchev–Trinajstić information content (AvgIpc) is 2.57. The van der Waals surface area contributed by atoms with Gasteiger partial charge in [-0.05, 0) is 6.42 Å². The lowest BCUT2D eigenvalue weighted by Crippen LogP contribution is -2.37. The van der Waals surface area contributed by atoms with Crippen LogP contribution < -0.4 is 5.32 Å². The Morgan fingerprint density at radius 1 is 1.47 bits per heavy atom. The number of sulfonamides is 1. The number of nitrogens with one attached hydrogen (secondary N) is 1. The summed E-state index contributed by atoms with van der Waals surface area (Å²) in [7, 11) is -1.96. The fraction of sp³-hybridized carbons (Fsp3) is 0.556. The van der Waals surface area contributed by atoms with Gasteiger partial charge in [-0.2, -0.15) is 4.31 Å². The Labute approximate surface area is 99.5 Å². The molecule has 7 nitrogen and oxygen atoms in total. The molecule has 1 amide bonds. The van der Waals surface area contributed by atoms with Crippen LogP contribution in [0.2, 0.25) is 0 Å². The van der Waals surface area contributed by atoms with Crippen molar-refractivity contribution in [3.8, 4) is 0 Å². The normalized spacial score (nSPS) is 18.8. The topological polar surface area (TPSA) is 84.3 Å².